The second-order valence-electron chi connectivity index (χ2n) is 2.52. The van der Waals surface area contributed by atoms with E-state index in [0.717, 1.165) is 12.1 Å². The lowest BCUT2D eigenvalue weighted by molar-refractivity contribution is -0.137. The number of ether oxygens (including phenoxy) is 1. The Morgan fingerprint density at radius 1 is 1.43 bits per heavy atom. The number of methoxy groups -OCH3 is 1. The number of alkyl halides is 4. The molecule has 0 saturated heterocycles. The van der Waals surface area contributed by atoms with Crippen LogP contribution in [0.5, 0.6) is 5.88 Å². The maximum atomic E-state index is 12.3. The highest BCUT2D eigenvalue weighted by Gasteiger charge is 2.31. The summed E-state index contributed by atoms with van der Waals surface area (Å²) in [6.45, 7) is 0. The predicted octanol–water partition coefficient (Wildman–Crippen LogP) is 3.00. The van der Waals surface area contributed by atoms with Gasteiger partial charge in [-0.25, -0.2) is 4.98 Å². The molecule has 1 aromatic rings. The van der Waals surface area contributed by atoms with Gasteiger partial charge in [-0.15, -0.1) is 0 Å². The Kier molecular flexibility index (Phi) is 3.36. The van der Waals surface area contributed by atoms with Crippen LogP contribution in [0.25, 0.3) is 0 Å². The van der Waals surface area contributed by atoms with Gasteiger partial charge in [0.25, 0.3) is 0 Å². The number of pyridine rings is 1. The quantitative estimate of drug-likeness (QED) is 0.771. The first kappa shape index (κ1) is 11.3. The van der Waals surface area contributed by atoms with E-state index in [1.54, 1.807) is 0 Å². The molecule has 1 aromatic heterocycles. The molecular formula is C8H7BrF3NO. The molecule has 0 amide bonds. The number of hydrogen-bond donors (Lipinski definition) is 0. The standard InChI is InChI=1S/C8H7BrF3NO/c1-14-7-3-5(8(10,11)12)2-6(4-9)13-7/h2-3H,4H2,1H3. The summed E-state index contributed by atoms with van der Waals surface area (Å²) in [4.78, 5) is 3.81. The van der Waals surface area contributed by atoms with Gasteiger partial charge in [0.15, 0.2) is 0 Å². The molecule has 2 nitrogen and oxygen atoms in total. The Balaban J connectivity index is 3.17. The number of rotatable bonds is 2. The van der Waals surface area contributed by atoms with Gasteiger partial charge >= 0.3 is 6.18 Å². The highest BCUT2D eigenvalue weighted by atomic mass is 79.9. The van der Waals surface area contributed by atoms with Crippen molar-refractivity contribution in [2.24, 2.45) is 0 Å². The van der Waals surface area contributed by atoms with Crippen molar-refractivity contribution in [2.45, 2.75) is 11.5 Å². The van der Waals surface area contributed by atoms with Gasteiger partial charge in [0, 0.05) is 11.4 Å². The lowest BCUT2D eigenvalue weighted by atomic mass is 10.2. The van der Waals surface area contributed by atoms with Crippen LogP contribution >= 0.6 is 15.9 Å². The van der Waals surface area contributed by atoms with Crippen molar-refractivity contribution in [3.8, 4) is 5.88 Å². The van der Waals surface area contributed by atoms with Gasteiger partial charge in [0.05, 0.1) is 18.4 Å². The third kappa shape index (κ3) is 2.60. The first-order valence-corrected chi connectivity index (χ1v) is 4.77. The monoisotopic (exact) mass is 269 g/mol. The summed E-state index contributed by atoms with van der Waals surface area (Å²) in [6.07, 6.45) is -4.37. The fourth-order valence-electron chi connectivity index (χ4n) is 0.897. The molecule has 0 N–H and O–H groups in total. The molecule has 6 heteroatoms. The Bertz CT molecular complexity index is 305. The summed E-state index contributed by atoms with van der Waals surface area (Å²) in [5.74, 6) is -0.0331. The van der Waals surface area contributed by atoms with E-state index >= 15 is 0 Å². The fraction of sp³-hybridized carbons (Fsp3) is 0.375. The smallest absolute Gasteiger partial charge is 0.416 e. The van der Waals surface area contributed by atoms with Crippen LogP contribution in [0.4, 0.5) is 13.2 Å². The fourth-order valence-corrected chi connectivity index (χ4v) is 1.18. The van der Waals surface area contributed by atoms with E-state index in [1.165, 1.54) is 7.11 Å². The molecule has 0 aliphatic carbocycles. The van der Waals surface area contributed by atoms with Crippen molar-refractivity contribution in [1.29, 1.82) is 0 Å². The van der Waals surface area contributed by atoms with Gasteiger partial charge in [-0.2, -0.15) is 13.2 Å². The summed E-state index contributed by atoms with van der Waals surface area (Å²) < 4.78 is 41.6. The molecule has 0 aliphatic heterocycles. The van der Waals surface area contributed by atoms with E-state index in [9.17, 15) is 13.2 Å². The molecule has 0 unspecified atom stereocenters. The van der Waals surface area contributed by atoms with Crippen molar-refractivity contribution in [3.63, 3.8) is 0 Å². The second kappa shape index (κ2) is 4.16. The van der Waals surface area contributed by atoms with E-state index in [-0.39, 0.29) is 16.9 Å². The summed E-state index contributed by atoms with van der Waals surface area (Å²) in [5, 5.41) is 0.257. The number of nitrogens with zero attached hydrogens (tertiary/aromatic N) is 1. The van der Waals surface area contributed by atoms with Crippen molar-refractivity contribution < 1.29 is 17.9 Å². The molecule has 0 aliphatic rings. The lowest BCUT2D eigenvalue weighted by Gasteiger charge is -2.09. The molecule has 0 radical (unpaired) electrons. The van der Waals surface area contributed by atoms with Crippen LogP contribution in [0.1, 0.15) is 11.3 Å². The summed E-state index contributed by atoms with van der Waals surface area (Å²) >= 11 is 3.04. The van der Waals surface area contributed by atoms with Gasteiger partial charge in [-0.1, -0.05) is 15.9 Å². The second-order valence-corrected chi connectivity index (χ2v) is 3.08. The minimum absolute atomic E-state index is 0.0331. The molecule has 0 atom stereocenters. The average Bonchev–Trinajstić information content (AvgIpc) is 2.15. The van der Waals surface area contributed by atoms with Crippen LogP contribution in [-0.4, -0.2) is 12.1 Å². The first-order valence-electron chi connectivity index (χ1n) is 3.65. The van der Waals surface area contributed by atoms with Crippen LogP contribution in [0.3, 0.4) is 0 Å². The molecule has 78 valence electrons. The maximum absolute atomic E-state index is 12.3. The Morgan fingerprint density at radius 3 is 2.50 bits per heavy atom. The van der Waals surface area contributed by atoms with Gasteiger partial charge in [-0.3, -0.25) is 0 Å². The average molecular weight is 270 g/mol. The topological polar surface area (TPSA) is 22.1 Å². The van der Waals surface area contributed by atoms with Gasteiger partial charge in [-0.05, 0) is 6.07 Å². The first-order chi connectivity index (χ1) is 6.47. The Labute approximate surface area is 87.2 Å². The predicted molar refractivity (Wildman–Crippen MR) is 48.4 cm³/mol. The third-order valence-electron chi connectivity index (χ3n) is 1.53. The molecule has 14 heavy (non-hydrogen) atoms. The maximum Gasteiger partial charge on any atom is 0.416 e. The minimum Gasteiger partial charge on any atom is -0.481 e. The van der Waals surface area contributed by atoms with E-state index < -0.39 is 11.7 Å². The molecule has 0 spiro atoms. The molecule has 1 rings (SSSR count). The zero-order valence-corrected chi connectivity index (χ0v) is 8.82. The van der Waals surface area contributed by atoms with Crippen LogP contribution in [0.2, 0.25) is 0 Å². The van der Waals surface area contributed by atoms with Gasteiger partial charge in [0.1, 0.15) is 0 Å². The van der Waals surface area contributed by atoms with Crippen molar-refractivity contribution >= 4 is 15.9 Å². The van der Waals surface area contributed by atoms with Crippen LogP contribution in [-0.2, 0) is 11.5 Å². The molecule has 0 bridgehead atoms. The molecule has 0 aromatic carbocycles. The largest absolute Gasteiger partial charge is 0.481 e. The molecule has 1 heterocycles. The zero-order valence-electron chi connectivity index (χ0n) is 7.23. The van der Waals surface area contributed by atoms with Crippen molar-refractivity contribution in [3.05, 3.63) is 23.4 Å². The van der Waals surface area contributed by atoms with Crippen LogP contribution in [0, 0.1) is 0 Å². The molecule has 0 saturated carbocycles. The van der Waals surface area contributed by atoms with E-state index in [4.69, 9.17) is 0 Å². The third-order valence-corrected chi connectivity index (χ3v) is 2.10. The lowest BCUT2D eigenvalue weighted by Crippen LogP contribution is -2.07. The SMILES string of the molecule is COc1cc(C(F)(F)F)cc(CBr)n1. The summed E-state index contributed by atoms with van der Waals surface area (Å²) in [5.41, 5.74) is -0.463. The van der Waals surface area contributed by atoms with E-state index in [1.807, 2.05) is 0 Å². The van der Waals surface area contributed by atoms with Gasteiger partial charge < -0.3 is 4.74 Å². The van der Waals surface area contributed by atoms with Crippen molar-refractivity contribution in [2.75, 3.05) is 7.11 Å². The Morgan fingerprint density at radius 2 is 2.07 bits per heavy atom. The summed E-state index contributed by atoms with van der Waals surface area (Å²) in [6, 6.07) is 1.85. The zero-order chi connectivity index (χ0) is 10.8. The normalized spacial score (nSPS) is 11.5. The Hall–Kier alpha value is -0.780. The minimum atomic E-state index is -4.37. The van der Waals surface area contributed by atoms with Crippen LogP contribution in [0.15, 0.2) is 12.1 Å². The van der Waals surface area contributed by atoms with Crippen LogP contribution < -0.4 is 4.74 Å². The highest BCUT2D eigenvalue weighted by molar-refractivity contribution is 9.08. The summed E-state index contributed by atoms with van der Waals surface area (Å²) in [7, 11) is 1.28. The van der Waals surface area contributed by atoms with Gasteiger partial charge in [0.2, 0.25) is 5.88 Å². The number of hydrogen-bond acceptors (Lipinski definition) is 2. The molecular weight excluding hydrogens is 263 g/mol. The van der Waals surface area contributed by atoms with E-state index in [0.29, 0.717) is 0 Å². The van der Waals surface area contributed by atoms with Crippen molar-refractivity contribution in [1.82, 2.24) is 4.98 Å². The number of halogens is 4. The number of aromatic nitrogens is 1. The molecule has 0 fully saturated rings. The van der Waals surface area contributed by atoms with E-state index in [2.05, 4.69) is 25.7 Å². The highest BCUT2D eigenvalue weighted by Crippen LogP contribution is 2.31.